The van der Waals surface area contributed by atoms with Crippen LogP contribution in [0.3, 0.4) is 0 Å². The molecule has 3 rings (SSSR count). The van der Waals surface area contributed by atoms with E-state index in [2.05, 4.69) is 5.32 Å². The van der Waals surface area contributed by atoms with Crippen LogP contribution in [0.2, 0.25) is 0 Å². The Morgan fingerprint density at radius 3 is 2.32 bits per heavy atom. The second-order valence-corrected chi connectivity index (χ2v) is 7.39. The smallest absolute Gasteiger partial charge is 0.327 e. The third-order valence-corrected chi connectivity index (χ3v) is 5.60. The number of hydrogen-bond donors (Lipinski definition) is 1. The SMILES string of the molecule is COC(=O)C(NC1C(C)=C(C)C(=O)N1Cc1ccc(OC)cc1)c1cccc(OC)c1. The van der Waals surface area contributed by atoms with Crippen molar-refractivity contribution in [1.82, 2.24) is 10.2 Å². The van der Waals surface area contributed by atoms with Crippen LogP contribution < -0.4 is 14.8 Å². The standard InChI is InChI=1S/C24H28N2O5/c1-15-16(2)23(27)26(14-17-9-11-19(29-3)12-10-17)22(15)25-21(24(28)31-5)18-7-6-8-20(13-18)30-4/h6-13,21-22,25H,14H2,1-5H3. The van der Waals surface area contributed by atoms with Gasteiger partial charge in [-0.1, -0.05) is 24.3 Å². The van der Waals surface area contributed by atoms with Crippen molar-refractivity contribution in [3.8, 4) is 11.5 Å². The summed E-state index contributed by atoms with van der Waals surface area (Å²) in [5.41, 5.74) is 3.19. The molecular weight excluding hydrogens is 396 g/mol. The Balaban J connectivity index is 1.90. The van der Waals surface area contributed by atoms with E-state index in [9.17, 15) is 9.59 Å². The van der Waals surface area contributed by atoms with E-state index < -0.39 is 18.2 Å². The van der Waals surface area contributed by atoms with Crippen molar-refractivity contribution in [2.24, 2.45) is 0 Å². The summed E-state index contributed by atoms with van der Waals surface area (Å²) in [6, 6.07) is 14.0. The topological polar surface area (TPSA) is 77.1 Å². The number of hydrogen-bond acceptors (Lipinski definition) is 6. The summed E-state index contributed by atoms with van der Waals surface area (Å²) in [5.74, 6) is 0.872. The molecule has 0 aliphatic carbocycles. The lowest BCUT2D eigenvalue weighted by Gasteiger charge is -2.31. The van der Waals surface area contributed by atoms with Crippen LogP contribution in [0.1, 0.15) is 31.0 Å². The minimum absolute atomic E-state index is 0.0694. The normalized spacial score (nSPS) is 17.0. The van der Waals surface area contributed by atoms with Gasteiger partial charge < -0.3 is 19.1 Å². The summed E-state index contributed by atoms with van der Waals surface area (Å²) < 4.78 is 15.6. The first-order valence-corrected chi connectivity index (χ1v) is 9.98. The summed E-state index contributed by atoms with van der Waals surface area (Å²) in [4.78, 5) is 27.3. The minimum atomic E-state index is -0.767. The quantitative estimate of drug-likeness (QED) is 0.656. The van der Waals surface area contributed by atoms with Crippen LogP contribution in [0.5, 0.6) is 11.5 Å². The van der Waals surface area contributed by atoms with Gasteiger partial charge in [0, 0.05) is 12.1 Å². The minimum Gasteiger partial charge on any atom is -0.497 e. The first-order chi connectivity index (χ1) is 14.9. The summed E-state index contributed by atoms with van der Waals surface area (Å²) in [6.45, 7) is 4.10. The number of methoxy groups -OCH3 is 3. The summed E-state index contributed by atoms with van der Waals surface area (Å²) in [7, 11) is 4.53. The van der Waals surface area contributed by atoms with Gasteiger partial charge in [0.05, 0.1) is 21.3 Å². The molecule has 31 heavy (non-hydrogen) atoms. The Morgan fingerprint density at radius 1 is 1.03 bits per heavy atom. The highest BCUT2D eigenvalue weighted by molar-refractivity contribution is 5.97. The van der Waals surface area contributed by atoms with Crippen molar-refractivity contribution in [2.75, 3.05) is 21.3 Å². The number of rotatable bonds is 8. The van der Waals surface area contributed by atoms with Gasteiger partial charge in [0.1, 0.15) is 23.7 Å². The molecule has 1 aliphatic heterocycles. The fourth-order valence-corrected chi connectivity index (χ4v) is 3.64. The lowest BCUT2D eigenvalue weighted by atomic mass is 10.0. The van der Waals surface area contributed by atoms with Gasteiger partial charge in [-0.05, 0) is 54.8 Å². The summed E-state index contributed by atoms with van der Waals surface area (Å²) in [5, 5.41) is 3.33. The molecule has 1 amide bonds. The van der Waals surface area contributed by atoms with Crippen LogP contribution in [-0.4, -0.2) is 44.3 Å². The number of ether oxygens (including phenoxy) is 3. The number of carbonyl (C=O) groups excluding carboxylic acids is 2. The van der Waals surface area contributed by atoms with Crippen LogP contribution >= 0.6 is 0 Å². The van der Waals surface area contributed by atoms with Crippen LogP contribution in [0, 0.1) is 0 Å². The molecule has 0 spiro atoms. The van der Waals surface area contributed by atoms with Crippen molar-refractivity contribution >= 4 is 11.9 Å². The fraction of sp³-hybridized carbons (Fsp3) is 0.333. The zero-order valence-electron chi connectivity index (χ0n) is 18.5. The van der Waals surface area contributed by atoms with Crippen LogP contribution in [0.4, 0.5) is 0 Å². The zero-order chi connectivity index (χ0) is 22.5. The second kappa shape index (κ2) is 9.66. The molecule has 0 fully saturated rings. The Morgan fingerprint density at radius 2 is 1.71 bits per heavy atom. The van der Waals surface area contributed by atoms with Crippen molar-refractivity contribution in [3.63, 3.8) is 0 Å². The van der Waals surface area contributed by atoms with E-state index in [-0.39, 0.29) is 5.91 Å². The predicted molar refractivity (Wildman–Crippen MR) is 117 cm³/mol. The lowest BCUT2D eigenvalue weighted by Crippen LogP contribution is -2.48. The molecular formula is C24H28N2O5. The monoisotopic (exact) mass is 424 g/mol. The first kappa shape index (κ1) is 22.4. The van der Waals surface area contributed by atoms with Crippen LogP contribution in [-0.2, 0) is 20.9 Å². The molecule has 0 saturated carbocycles. The third-order valence-electron chi connectivity index (χ3n) is 5.60. The van der Waals surface area contributed by atoms with E-state index in [4.69, 9.17) is 14.2 Å². The van der Waals surface area contributed by atoms with Gasteiger partial charge in [-0.25, -0.2) is 4.79 Å². The van der Waals surface area contributed by atoms with Gasteiger partial charge in [-0.15, -0.1) is 0 Å². The van der Waals surface area contributed by atoms with Crippen molar-refractivity contribution in [2.45, 2.75) is 32.6 Å². The predicted octanol–water partition coefficient (Wildman–Crippen LogP) is 3.21. The van der Waals surface area contributed by atoms with Crippen molar-refractivity contribution in [1.29, 1.82) is 0 Å². The number of esters is 1. The maximum atomic E-state index is 13.0. The highest BCUT2D eigenvalue weighted by Gasteiger charge is 2.38. The third kappa shape index (κ3) is 4.72. The van der Waals surface area contributed by atoms with Gasteiger partial charge in [0.2, 0.25) is 0 Å². The average molecular weight is 424 g/mol. The molecule has 2 aromatic rings. The summed E-state index contributed by atoms with van der Waals surface area (Å²) >= 11 is 0. The molecule has 164 valence electrons. The molecule has 2 unspecified atom stereocenters. The van der Waals surface area contributed by atoms with Gasteiger partial charge in [-0.2, -0.15) is 0 Å². The molecule has 7 nitrogen and oxygen atoms in total. The molecule has 7 heteroatoms. The van der Waals surface area contributed by atoms with E-state index >= 15 is 0 Å². The average Bonchev–Trinajstić information content (AvgIpc) is 3.00. The highest BCUT2D eigenvalue weighted by atomic mass is 16.5. The van der Waals surface area contributed by atoms with Gasteiger partial charge >= 0.3 is 5.97 Å². The van der Waals surface area contributed by atoms with Gasteiger partial charge in [0.15, 0.2) is 0 Å². The first-order valence-electron chi connectivity index (χ1n) is 9.98. The Kier molecular flexibility index (Phi) is 6.97. The van der Waals surface area contributed by atoms with E-state index in [1.165, 1.54) is 7.11 Å². The Labute approximate surface area is 182 Å². The zero-order valence-corrected chi connectivity index (χ0v) is 18.5. The molecule has 2 atom stereocenters. The number of benzene rings is 2. The molecule has 1 aliphatic rings. The number of nitrogens with zero attached hydrogens (tertiary/aromatic N) is 1. The van der Waals surface area contributed by atoms with E-state index in [0.717, 1.165) is 16.9 Å². The van der Waals surface area contributed by atoms with E-state index in [1.54, 1.807) is 32.1 Å². The van der Waals surface area contributed by atoms with Gasteiger partial charge in [-0.3, -0.25) is 10.1 Å². The van der Waals surface area contributed by atoms with E-state index in [0.29, 0.717) is 23.4 Å². The maximum absolute atomic E-state index is 13.0. The second-order valence-electron chi connectivity index (χ2n) is 7.39. The lowest BCUT2D eigenvalue weighted by molar-refractivity contribution is -0.144. The number of amides is 1. The van der Waals surface area contributed by atoms with Gasteiger partial charge in [0.25, 0.3) is 5.91 Å². The molecule has 1 N–H and O–H groups in total. The largest absolute Gasteiger partial charge is 0.497 e. The maximum Gasteiger partial charge on any atom is 0.327 e. The fourth-order valence-electron chi connectivity index (χ4n) is 3.64. The molecule has 0 radical (unpaired) electrons. The van der Waals surface area contributed by atoms with Crippen molar-refractivity contribution in [3.05, 3.63) is 70.8 Å². The van der Waals surface area contributed by atoms with E-state index in [1.807, 2.05) is 49.4 Å². The molecule has 0 aromatic heterocycles. The molecule has 2 aromatic carbocycles. The summed E-state index contributed by atoms with van der Waals surface area (Å²) in [6.07, 6.45) is -0.454. The Bertz CT molecular complexity index is 984. The molecule has 1 heterocycles. The number of carbonyl (C=O) groups is 2. The van der Waals surface area contributed by atoms with Crippen LogP contribution in [0.25, 0.3) is 0 Å². The highest BCUT2D eigenvalue weighted by Crippen LogP contribution is 2.29. The van der Waals surface area contributed by atoms with Crippen molar-refractivity contribution < 1.29 is 23.8 Å². The molecule has 0 saturated heterocycles. The Hall–Kier alpha value is -3.32. The molecule has 0 bridgehead atoms. The van der Waals surface area contributed by atoms with Crippen LogP contribution in [0.15, 0.2) is 59.7 Å². The number of nitrogens with one attached hydrogen (secondary N) is 1.